The van der Waals surface area contributed by atoms with Gasteiger partial charge in [0, 0.05) is 12.7 Å². The van der Waals surface area contributed by atoms with Crippen molar-refractivity contribution in [2.24, 2.45) is 0 Å². The second-order valence-electron chi connectivity index (χ2n) is 6.08. The third kappa shape index (κ3) is 4.13. The zero-order valence-electron chi connectivity index (χ0n) is 15.8. The standard InChI is InChI=1S/C21H17ClN4O3/c1-3-24-19(27)14(12-23)11-15-20(29-17-9-5-4-8-16(17)22)25-18-13(2)7-6-10-26(18)21(15)28/h4-11H,3H2,1-2H3,(H,24,27). The number of rotatable bonds is 5. The van der Waals surface area contributed by atoms with E-state index in [4.69, 9.17) is 16.3 Å². The number of halogens is 1. The van der Waals surface area contributed by atoms with Gasteiger partial charge in [0.15, 0.2) is 0 Å². The number of amides is 1. The molecule has 146 valence electrons. The molecule has 1 amide bonds. The Morgan fingerprint density at radius 1 is 1.34 bits per heavy atom. The van der Waals surface area contributed by atoms with Crippen LogP contribution in [0.5, 0.6) is 11.6 Å². The van der Waals surface area contributed by atoms with E-state index in [1.807, 2.05) is 19.1 Å². The predicted octanol–water partition coefficient (Wildman–Crippen LogP) is 3.49. The van der Waals surface area contributed by atoms with E-state index >= 15 is 0 Å². The van der Waals surface area contributed by atoms with Gasteiger partial charge in [0.05, 0.1) is 5.02 Å². The summed E-state index contributed by atoms with van der Waals surface area (Å²) in [5.41, 5.74) is 0.414. The first kappa shape index (κ1) is 20.1. The van der Waals surface area contributed by atoms with Crippen molar-refractivity contribution < 1.29 is 9.53 Å². The van der Waals surface area contributed by atoms with Crippen LogP contribution in [0.4, 0.5) is 0 Å². The minimum absolute atomic E-state index is 0.0316. The number of nitrogens with one attached hydrogen (secondary N) is 1. The normalized spacial score (nSPS) is 11.2. The van der Waals surface area contributed by atoms with Gasteiger partial charge in [-0.2, -0.15) is 10.2 Å². The van der Waals surface area contributed by atoms with Gasteiger partial charge in [-0.1, -0.05) is 29.8 Å². The van der Waals surface area contributed by atoms with Crippen LogP contribution in [0, 0.1) is 18.3 Å². The van der Waals surface area contributed by atoms with Gasteiger partial charge >= 0.3 is 0 Å². The van der Waals surface area contributed by atoms with Gasteiger partial charge in [-0.15, -0.1) is 0 Å². The van der Waals surface area contributed by atoms with Gasteiger partial charge < -0.3 is 10.1 Å². The second-order valence-corrected chi connectivity index (χ2v) is 6.49. The van der Waals surface area contributed by atoms with E-state index in [1.165, 1.54) is 10.5 Å². The maximum atomic E-state index is 13.1. The lowest BCUT2D eigenvalue weighted by Crippen LogP contribution is -2.25. The number of para-hydroxylation sites is 1. The molecule has 0 radical (unpaired) electrons. The largest absolute Gasteiger partial charge is 0.437 e. The van der Waals surface area contributed by atoms with Crippen LogP contribution in [-0.2, 0) is 4.79 Å². The molecule has 1 N–H and O–H groups in total. The number of carbonyl (C=O) groups is 1. The van der Waals surface area contributed by atoms with Crippen LogP contribution < -0.4 is 15.6 Å². The summed E-state index contributed by atoms with van der Waals surface area (Å²) in [5.74, 6) is -0.341. The molecule has 0 aliphatic heterocycles. The van der Waals surface area contributed by atoms with Crippen molar-refractivity contribution in [3.05, 3.63) is 74.7 Å². The van der Waals surface area contributed by atoms with E-state index in [-0.39, 0.29) is 17.0 Å². The molecule has 0 saturated carbocycles. The Bertz CT molecular complexity index is 1220. The highest BCUT2D eigenvalue weighted by molar-refractivity contribution is 6.32. The Morgan fingerprint density at radius 3 is 2.79 bits per heavy atom. The first-order valence-electron chi connectivity index (χ1n) is 8.80. The average molecular weight is 409 g/mol. The lowest BCUT2D eigenvalue weighted by molar-refractivity contribution is -0.116. The van der Waals surface area contributed by atoms with Gasteiger partial charge in [0.25, 0.3) is 11.5 Å². The molecule has 0 aliphatic carbocycles. The number of hydrogen-bond acceptors (Lipinski definition) is 5. The number of nitriles is 1. The van der Waals surface area contributed by atoms with Gasteiger partial charge in [0.1, 0.15) is 28.6 Å². The molecule has 2 heterocycles. The summed E-state index contributed by atoms with van der Waals surface area (Å²) in [6.45, 7) is 3.88. The Balaban J connectivity index is 2.27. The lowest BCUT2D eigenvalue weighted by Gasteiger charge is -2.12. The molecular weight excluding hydrogens is 392 g/mol. The van der Waals surface area contributed by atoms with E-state index in [9.17, 15) is 14.9 Å². The monoisotopic (exact) mass is 408 g/mol. The van der Waals surface area contributed by atoms with Crippen LogP contribution in [0.1, 0.15) is 18.1 Å². The van der Waals surface area contributed by atoms with Crippen molar-refractivity contribution in [2.75, 3.05) is 6.54 Å². The smallest absolute Gasteiger partial charge is 0.269 e. The van der Waals surface area contributed by atoms with E-state index in [0.29, 0.717) is 23.0 Å². The highest BCUT2D eigenvalue weighted by atomic mass is 35.5. The van der Waals surface area contributed by atoms with Crippen LogP contribution >= 0.6 is 11.6 Å². The first-order valence-corrected chi connectivity index (χ1v) is 9.18. The number of aromatic nitrogens is 2. The zero-order valence-corrected chi connectivity index (χ0v) is 16.5. The topological polar surface area (TPSA) is 96.5 Å². The van der Waals surface area contributed by atoms with Crippen molar-refractivity contribution in [3.8, 4) is 17.7 Å². The molecule has 29 heavy (non-hydrogen) atoms. The van der Waals surface area contributed by atoms with Gasteiger partial charge in [0.2, 0.25) is 5.88 Å². The fraction of sp³-hybridized carbons (Fsp3) is 0.143. The third-order valence-corrected chi connectivity index (χ3v) is 4.40. The maximum Gasteiger partial charge on any atom is 0.269 e. The molecule has 0 saturated heterocycles. The van der Waals surface area contributed by atoms with Gasteiger partial charge in [-0.25, -0.2) is 0 Å². The molecule has 8 heteroatoms. The Hall–Kier alpha value is -3.63. The van der Waals surface area contributed by atoms with Crippen molar-refractivity contribution in [2.45, 2.75) is 13.8 Å². The zero-order chi connectivity index (χ0) is 21.0. The van der Waals surface area contributed by atoms with Crippen LogP contribution in [-0.4, -0.2) is 21.8 Å². The maximum absolute atomic E-state index is 13.1. The molecule has 0 bridgehead atoms. The molecule has 2 aromatic heterocycles. The van der Waals surface area contributed by atoms with Crippen molar-refractivity contribution >= 4 is 29.2 Å². The number of carbonyl (C=O) groups excluding carboxylic acids is 1. The molecule has 7 nitrogen and oxygen atoms in total. The highest BCUT2D eigenvalue weighted by Crippen LogP contribution is 2.30. The first-order chi connectivity index (χ1) is 14.0. The molecule has 0 fully saturated rings. The minimum Gasteiger partial charge on any atom is -0.437 e. The van der Waals surface area contributed by atoms with Crippen LogP contribution in [0.2, 0.25) is 5.02 Å². The summed E-state index contributed by atoms with van der Waals surface area (Å²) in [7, 11) is 0. The van der Waals surface area contributed by atoms with Crippen LogP contribution in [0.25, 0.3) is 11.7 Å². The SMILES string of the molecule is CCNC(=O)C(C#N)=Cc1c(Oc2ccccc2Cl)nc2c(C)cccn2c1=O. The van der Waals surface area contributed by atoms with Crippen molar-refractivity contribution in [1.29, 1.82) is 5.26 Å². The van der Waals surface area contributed by atoms with E-state index in [2.05, 4.69) is 10.3 Å². The summed E-state index contributed by atoms with van der Waals surface area (Å²) in [6, 6.07) is 12.1. The Morgan fingerprint density at radius 2 is 2.10 bits per heavy atom. The molecule has 0 aliphatic rings. The van der Waals surface area contributed by atoms with Gasteiger partial charge in [-0.3, -0.25) is 14.0 Å². The third-order valence-electron chi connectivity index (χ3n) is 4.08. The Kier molecular flexibility index (Phi) is 5.96. The molecular formula is C21H17ClN4O3. The van der Waals surface area contributed by atoms with Crippen molar-refractivity contribution in [1.82, 2.24) is 14.7 Å². The molecule has 0 spiro atoms. The number of ether oxygens (including phenoxy) is 1. The molecule has 0 atom stereocenters. The van der Waals surface area contributed by atoms with Crippen LogP contribution in [0.15, 0.2) is 53.0 Å². The minimum atomic E-state index is -0.590. The summed E-state index contributed by atoms with van der Waals surface area (Å²) < 4.78 is 7.17. The molecule has 1 aromatic carbocycles. The summed E-state index contributed by atoms with van der Waals surface area (Å²) in [4.78, 5) is 29.7. The van der Waals surface area contributed by atoms with E-state index in [1.54, 1.807) is 43.5 Å². The summed E-state index contributed by atoms with van der Waals surface area (Å²) >= 11 is 6.17. The number of nitrogens with zero attached hydrogens (tertiary/aromatic N) is 3. The lowest BCUT2D eigenvalue weighted by atomic mass is 10.1. The molecule has 0 unspecified atom stereocenters. The van der Waals surface area contributed by atoms with Crippen molar-refractivity contribution in [3.63, 3.8) is 0 Å². The van der Waals surface area contributed by atoms with E-state index < -0.39 is 11.5 Å². The molecule has 3 rings (SSSR count). The number of fused-ring (bicyclic) bond motifs is 1. The number of pyridine rings is 1. The fourth-order valence-corrected chi connectivity index (χ4v) is 2.85. The number of hydrogen-bond donors (Lipinski definition) is 1. The highest BCUT2D eigenvalue weighted by Gasteiger charge is 2.18. The summed E-state index contributed by atoms with van der Waals surface area (Å²) in [6.07, 6.45) is 2.74. The number of aryl methyl sites for hydroxylation is 1. The summed E-state index contributed by atoms with van der Waals surface area (Å²) in [5, 5.41) is 12.3. The predicted molar refractivity (Wildman–Crippen MR) is 110 cm³/mol. The average Bonchev–Trinajstić information content (AvgIpc) is 2.70. The number of likely N-dealkylation sites (N-methyl/N-ethyl adjacent to an activating group) is 1. The fourth-order valence-electron chi connectivity index (χ4n) is 2.67. The van der Waals surface area contributed by atoms with Gasteiger partial charge in [-0.05, 0) is 43.7 Å². The number of benzene rings is 1. The second kappa shape index (κ2) is 8.59. The Labute approximate surface area is 171 Å². The quantitative estimate of drug-likeness (QED) is 0.515. The van der Waals surface area contributed by atoms with Crippen LogP contribution in [0.3, 0.4) is 0 Å². The molecule has 3 aromatic rings. The van der Waals surface area contributed by atoms with E-state index in [0.717, 1.165) is 5.56 Å².